The summed E-state index contributed by atoms with van der Waals surface area (Å²) < 4.78 is 21.4. The minimum Gasteiger partial charge on any atom is -0.475 e. The van der Waals surface area contributed by atoms with Gasteiger partial charge in [0.15, 0.2) is 5.82 Å². The van der Waals surface area contributed by atoms with Crippen molar-refractivity contribution < 1.29 is 9.13 Å². The molecule has 0 radical (unpaired) electrons. The van der Waals surface area contributed by atoms with E-state index in [1.165, 1.54) is 25.5 Å². The second-order valence-corrected chi connectivity index (χ2v) is 7.56. The molecule has 146 valence electrons. The van der Waals surface area contributed by atoms with E-state index >= 15 is 0 Å². The maximum absolute atomic E-state index is 13.4. The normalized spacial score (nSPS) is 20.6. The SMILES string of the molecule is Cc1c2c(nn1C1CCCCC1)OCCC(CF)Nc1nc(ncc1Cl)N2. The van der Waals surface area contributed by atoms with Gasteiger partial charge in [-0.05, 0) is 19.8 Å². The van der Waals surface area contributed by atoms with E-state index in [0.717, 1.165) is 24.2 Å². The number of anilines is 3. The van der Waals surface area contributed by atoms with Crippen molar-refractivity contribution >= 4 is 29.1 Å². The number of hydrogen-bond acceptors (Lipinski definition) is 6. The van der Waals surface area contributed by atoms with Gasteiger partial charge in [-0.25, -0.2) is 9.37 Å². The standard InChI is InChI=1S/C18H24ClFN6O/c1-11-15-17(25-26(11)13-5-3-2-4-6-13)27-8-7-12(9-20)22-16-14(19)10-21-18(23-15)24-16/h10,12-13H,2-9H2,1H3,(H2,21,22,23,24). The van der Waals surface area contributed by atoms with E-state index < -0.39 is 12.7 Å². The number of fused-ring (bicyclic) bond motifs is 3. The van der Waals surface area contributed by atoms with Crippen molar-refractivity contribution in [2.45, 2.75) is 57.5 Å². The summed E-state index contributed by atoms with van der Waals surface area (Å²) in [6.07, 6.45) is 7.94. The Morgan fingerprint density at radius 2 is 2.11 bits per heavy atom. The summed E-state index contributed by atoms with van der Waals surface area (Å²) in [5.41, 5.74) is 1.75. The molecular formula is C18H24ClFN6O. The largest absolute Gasteiger partial charge is 0.475 e. The van der Waals surface area contributed by atoms with Crippen LogP contribution < -0.4 is 15.4 Å². The van der Waals surface area contributed by atoms with Crippen molar-refractivity contribution in [1.82, 2.24) is 19.7 Å². The van der Waals surface area contributed by atoms with E-state index in [4.69, 9.17) is 21.4 Å². The Morgan fingerprint density at radius 3 is 2.89 bits per heavy atom. The number of ether oxygens (including phenoxy) is 1. The molecule has 1 unspecified atom stereocenters. The van der Waals surface area contributed by atoms with Crippen molar-refractivity contribution in [3.63, 3.8) is 0 Å². The molecule has 4 rings (SSSR count). The number of hydrogen-bond donors (Lipinski definition) is 2. The van der Waals surface area contributed by atoms with Crippen LogP contribution in [0.5, 0.6) is 5.88 Å². The molecule has 0 amide bonds. The zero-order chi connectivity index (χ0) is 18.8. The van der Waals surface area contributed by atoms with E-state index in [2.05, 4.69) is 25.3 Å². The topological polar surface area (TPSA) is 76.9 Å². The lowest BCUT2D eigenvalue weighted by Crippen LogP contribution is -2.25. The highest BCUT2D eigenvalue weighted by molar-refractivity contribution is 6.32. The minimum atomic E-state index is -0.547. The molecule has 1 saturated carbocycles. The maximum atomic E-state index is 13.4. The summed E-state index contributed by atoms with van der Waals surface area (Å²) in [5, 5.41) is 11.3. The van der Waals surface area contributed by atoms with Crippen LogP contribution in [0.2, 0.25) is 5.02 Å². The van der Waals surface area contributed by atoms with Crippen LogP contribution in [0.25, 0.3) is 0 Å². The van der Waals surface area contributed by atoms with Gasteiger partial charge in [-0.3, -0.25) is 4.68 Å². The van der Waals surface area contributed by atoms with Crippen LogP contribution in [0.1, 0.15) is 50.3 Å². The quantitative estimate of drug-likeness (QED) is 0.785. The number of nitrogens with zero attached hydrogens (tertiary/aromatic N) is 4. The third kappa shape index (κ3) is 3.81. The first-order chi connectivity index (χ1) is 13.2. The maximum Gasteiger partial charge on any atom is 0.257 e. The Balaban J connectivity index is 1.71. The Kier molecular flexibility index (Phi) is 5.33. The highest BCUT2D eigenvalue weighted by Crippen LogP contribution is 2.36. The Labute approximate surface area is 162 Å². The average Bonchev–Trinajstić information content (AvgIpc) is 2.98. The van der Waals surface area contributed by atoms with Gasteiger partial charge in [0.2, 0.25) is 5.95 Å². The molecule has 3 heterocycles. The molecule has 0 aromatic carbocycles. The zero-order valence-electron chi connectivity index (χ0n) is 15.3. The van der Waals surface area contributed by atoms with Crippen LogP contribution in [0.3, 0.4) is 0 Å². The van der Waals surface area contributed by atoms with Crippen molar-refractivity contribution in [3.05, 3.63) is 16.9 Å². The molecule has 1 fully saturated rings. The lowest BCUT2D eigenvalue weighted by atomic mass is 9.95. The highest BCUT2D eigenvalue weighted by atomic mass is 35.5. The van der Waals surface area contributed by atoms with Crippen LogP contribution in [-0.2, 0) is 0 Å². The van der Waals surface area contributed by atoms with Crippen molar-refractivity contribution in [3.8, 4) is 5.88 Å². The number of halogens is 2. The molecule has 2 bridgehead atoms. The van der Waals surface area contributed by atoms with Gasteiger partial charge in [0.05, 0.1) is 30.6 Å². The smallest absolute Gasteiger partial charge is 0.257 e. The summed E-state index contributed by atoms with van der Waals surface area (Å²) in [6, 6.07) is -0.0557. The molecular weight excluding hydrogens is 371 g/mol. The second kappa shape index (κ2) is 7.88. The van der Waals surface area contributed by atoms with Gasteiger partial charge in [-0.15, -0.1) is 5.10 Å². The molecule has 2 aromatic heterocycles. The molecule has 2 aromatic rings. The predicted molar refractivity (Wildman–Crippen MR) is 103 cm³/mol. The van der Waals surface area contributed by atoms with Crippen molar-refractivity contribution in [2.75, 3.05) is 23.9 Å². The third-order valence-corrected chi connectivity index (χ3v) is 5.53. The van der Waals surface area contributed by atoms with Crippen LogP contribution in [0, 0.1) is 6.92 Å². The Bertz CT molecular complexity index is 807. The molecule has 9 heteroatoms. The summed E-state index contributed by atoms with van der Waals surface area (Å²) in [7, 11) is 0. The van der Waals surface area contributed by atoms with Gasteiger partial charge in [0, 0.05) is 6.42 Å². The number of rotatable bonds is 2. The Hall–Kier alpha value is -2.09. The second-order valence-electron chi connectivity index (χ2n) is 7.15. The number of aromatic nitrogens is 4. The van der Waals surface area contributed by atoms with Crippen molar-refractivity contribution in [1.29, 1.82) is 0 Å². The van der Waals surface area contributed by atoms with Crippen molar-refractivity contribution in [2.24, 2.45) is 0 Å². The molecule has 0 saturated heterocycles. The summed E-state index contributed by atoms with van der Waals surface area (Å²) in [6.45, 7) is 1.82. The number of nitrogens with one attached hydrogen (secondary N) is 2. The molecule has 1 aliphatic heterocycles. The zero-order valence-corrected chi connectivity index (χ0v) is 16.1. The van der Waals surface area contributed by atoms with E-state index in [1.54, 1.807) is 0 Å². The van der Waals surface area contributed by atoms with E-state index in [9.17, 15) is 4.39 Å². The predicted octanol–water partition coefficient (Wildman–Crippen LogP) is 4.42. The summed E-state index contributed by atoms with van der Waals surface area (Å²) >= 11 is 6.16. The lowest BCUT2D eigenvalue weighted by Gasteiger charge is -2.23. The summed E-state index contributed by atoms with van der Waals surface area (Å²) in [4.78, 5) is 8.66. The molecule has 1 aliphatic carbocycles. The van der Waals surface area contributed by atoms with Gasteiger partial charge < -0.3 is 15.4 Å². The van der Waals surface area contributed by atoms with Gasteiger partial charge in [0.1, 0.15) is 17.4 Å². The molecule has 0 spiro atoms. The van der Waals surface area contributed by atoms with Gasteiger partial charge in [-0.2, -0.15) is 4.98 Å². The fourth-order valence-electron chi connectivity index (χ4n) is 3.74. The van der Waals surface area contributed by atoms with E-state index in [-0.39, 0.29) is 0 Å². The Morgan fingerprint density at radius 1 is 1.30 bits per heavy atom. The third-order valence-electron chi connectivity index (χ3n) is 5.25. The fourth-order valence-corrected chi connectivity index (χ4v) is 3.88. The fraction of sp³-hybridized carbons (Fsp3) is 0.611. The first-order valence-electron chi connectivity index (χ1n) is 9.49. The monoisotopic (exact) mass is 394 g/mol. The molecule has 2 aliphatic rings. The summed E-state index contributed by atoms with van der Waals surface area (Å²) in [5.74, 6) is 1.30. The van der Waals surface area contributed by atoms with Crippen LogP contribution in [0.4, 0.5) is 21.8 Å². The average molecular weight is 395 g/mol. The first-order valence-corrected chi connectivity index (χ1v) is 9.87. The van der Waals surface area contributed by atoms with Gasteiger partial charge in [0.25, 0.3) is 5.88 Å². The van der Waals surface area contributed by atoms with Gasteiger partial charge in [-0.1, -0.05) is 30.9 Å². The lowest BCUT2D eigenvalue weighted by molar-refractivity contribution is 0.267. The molecule has 1 atom stereocenters. The molecule has 7 nitrogen and oxygen atoms in total. The molecule has 2 N–H and O–H groups in total. The van der Waals surface area contributed by atoms with Crippen LogP contribution >= 0.6 is 11.6 Å². The van der Waals surface area contributed by atoms with Crippen LogP contribution in [0.15, 0.2) is 6.20 Å². The molecule has 27 heavy (non-hydrogen) atoms. The van der Waals surface area contributed by atoms with Crippen LogP contribution in [-0.4, -0.2) is 39.1 Å². The van der Waals surface area contributed by atoms with Gasteiger partial charge >= 0.3 is 0 Å². The van der Waals surface area contributed by atoms with E-state index in [0.29, 0.717) is 41.7 Å². The minimum absolute atomic E-state index is 0.346. The first kappa shape index (κ1) is 18.3. The number of alkyl halides is 1. The highest BCUT2D eigenvalue weighted by Gasteiger charge is 2.25. The van der Waals surface area contributed by atoms with E-state index in [1.807, 2.05) is 6.92 Å².